The average Bonchev–Trinajstić information content (AvgIpc) is 2.47. The van der Waals surface area contributed by atoms with Crippen LogP contribution in [0.15, 0.2) is 29.4 Å². The quantitative estimate of drug-likeness (QED) is 0.501. The number of benzene rings is 1. The van der Waals surface area contributed by atoms with E-state index in [2.05, 4.69) is 15.5 Å². The number of hydrazone groups is 1. The minimum Gasteiger partial charge on any atom is -0.508 e. The lowest BCUT2D eigenvalue weighted by atomic mass is 10.2. The van der Waals surface area contributed by atoms with Crippen molar-refractivity contribution in [1.82, 2.24) is 4.98 Å². The molecule has 8 heteroatoms. The van der Waals surface area contributed by atoms with Crippen molar-refractivity contribution in [3.05, 3.63) is 50.6 Å². The lowest BCUT2D eigenvalue weighted by molar-refractivity contribution is 0.475. The maximum absolute atomic E-state index is 9.16. The zero-order chi connectivity index (χ0) is 15.4. The Morgan fingerprint density at radius 3 is 2.48 bits per heavy atom. The van der Waals surface area contributed by atoms with Gasteiger partial charge in [-0.05, 0) is 29.8 Å². The Hall–Kier alpha value is -2.00. The van der Waals surface area contributed by atoms with Crippen molar-refractivity contribution in [3.63, 3.8) is 0 Å². The molecule has 1 aromatic heterocycles. The number of nitriles is 1. The van der Waals surface area contributed by atoms with Crippen molar-refractivity contribution in [2.24, 2.45) is 5.10 Å². The van der Waals surface area contributed by atoms with E-state index >= 15 is 0 Å². The fraction of sp³-hybridized carbons (Fsp3) is 0. The molecule has 0 radical (unpaired) electrons. The second-order valence-electron chi connectivity index (χ2n) is 3.83. The largest absolute Gasteiger partial charge is 0.508 e. The summed E-state index contributed by atoms with van der Waals surface area (Å²) in [5.74, 6) is 0.302. The molecule has 21 heavy (non-hydrogen) atoms. The summed E-state index contributed by atoms with van der Waals surface area (Å²) in [6.45, 7) is 0. The zero-order valence-electron chi connectivity index (χ0n) is 10.3. The van der Waals surface area contributed by atoms with Crippen LogP contribution in [0.3, 0.4) is 0 Å². The van der Waals surface area contributed by atoms with Crippen molar-refractivity contribution in [2.75, 3.05) is 5.43 Å². The molecule has 2 aromatic rings. The van der Waals surface area contributed by atoms with Crippen LogP contribution in [0.25, 0.3) is 0 Å². The van der Waals surface area contributed by atoms with Crippen LogP contribution in [0.2, 0.25) is 15.2 Å². The number of aromatic nitrogens is 1. The first-order valence-electron chi connectivity index (χ1n) is 5.55. The Bertz CT molecular complexity index is 739. The third kappa shape index (κ3) is 3.56. The van der Waals surface area contributed by atoms with Crippen molar-refractivity contribution in [2.45, 2.75) is 0 Å². The highest BCUT2D eigenvalue weighted by molar-refractivity contribution is 6.45. The van der Waals surface area contributed by atoms with E-state index < -0.39 is 0 Å². The van der Waals surface area contributed by atoms with Crippen LogP contribution in [0.5, 0.6) is 5.75 Å². The number of aromatic hydroxyl groups is 1. The predicted molar refractivity (Wildman–Crippen MR) is 83.3 cm³/mol. The number of rotatable bonds is 3. The summed E-state index contributed by atoms with van der Waals surface area (Å²) < 4.78 is 0. The van der Waals surface area contributed by atoms with Gasteiger partial charge in [0.25, 0.3) is 0 Å². The molecular weight excluding hydrogens is 335 g/mol. The molecule has 1 heterocycles. The maximum atomic E-state index is 9.16. The average molecular weight is 342 g/mol. The van der Waals surface area contributed by atoms with Gasteiger partial charge in [0.1, 0.15) is 22.4 Å². The molecular formula is C13H7Cl3N4O. The van der Waals surface area contributed by atoms with Gasteiger partial charge in [-0.1, -0.05) is 34.8 Å². The van der Waals surface area contributed by atoms with Crippen LogP contribution in [0, 0.1) is 11.3 Å². The number of nitrogens with one attached hydrogen (secondary N) is 1. The fourth-order valence-corrected chi connectivity index (χ4v) is 2.07. The Labute approximate surface area is 135 Å². The predicted octanol–water partition coefficient (Wildman–Crippen LogP) is 4.07. The van der Waals surface area contributed by atoms with Gasteiger partial charge in [0.2, 0.25) is 0 Å². The standard InChI is InChI=1S/C13H7Cl3N4O/c14-10-9(5-17)12(16)19-13(11(10)15)20-18-6-7-1-3-8(21)4-2-7/h1-4,6,21H,(H,19,20)/b18-6+. The van der Waals surface area contributed by atoms with Gasteiger partial charge in [-0.2, -0.15) is 10.4 Å². The SMILES string of the molecule is N#Cc1c(Cl)nc(N/N=C/c2ccc(O)cc2)c(Cl)c1Cl. The summed E-state index contributed by atoms with van der Waals surface area (Å²) in [7, 11) is 0. The Balaban J connectivity index is 2.21. The molecule has 5 nitrogen and oxygen atoms in total. The third-order valence-electron chi connectivity index (χ3n) is 2.43. The first-order chi connectivity index (χ1) is 10.0. The van der Waals surface area contributed by atoms with E-state index in [1.807, 2.05) is 6.07 Å². The van der Waals surface area contributed by atoms with E-state index in [-0.39, 0.29) is 32.3 Å². The second kappa shape index (κ2) is 6.64. The van der Waals surface area contributed by atoms with Crippen LogP contribution < -0.4 is 5.43 Å². The van der Waals surface area contributed by atoms with E-state index in [0.717, 1.165) is 5.56 Å². The van der Waals surface area contributed by atoms with Crippen LogP contribution in [-0.2, 0) is 0 Å². The van der Waals surface area contributed by atoms with Crippen LogP contribution in [-0.4, -0.2) is 16.3 Å². The van der Waals surface area contributed by atoms with Crippen molar-refractivity contribution in [3.8, 4) is 11.8 Å². The molecule has 0 unspecified atom stereocenters. The van der Waals surface area contributed by atoms with Gasteiger partial charge in [-0.3, -0.25) is 5.43 Å². The molecule has 0 spiro atoms. The molecule has 0 aliphatic rings. The number of anilines is 1. The number of phenols is 1. The minimum atomic E-state index is -0.0609. The number of halogens is 3. The first kappa shape index (κ1) is 15.4. The maximum Gasteiger partial charge on any atom is 0.168 e. The van der Waals surface area contributed by atoms with Crippen molar-refractivity contribution < 1.29 is 5.11 Å². The van der Waals surface area contributed by atoms with E-state index in [1.165, 1.54) is 18.3 Å². The summed E-state index contributed by atoms with van der Waals surface area (Å²) in [4.78, 5) is 3.91. The van der Waals surface area contributed by atoms with Crippen LogP contribution in [0.4, 0.5) is 5.82 Å². The highest BCUT2D eigenvalue weighted by Gasteiger charge is 2.15. The topological polar surface area (TPSA) is 81.3 Å². The molecule has 0 fully saturated rings. The van der Waals surface area contributed by atoms with Crippen molar-refractivity contribution >= 4 is 46.8 Å². The Morgan fingerprint density at radius 2 is 1.86 bits per heavy atom. The summed E-state index contributed by atoms with van der Waals surface area (Å²) in [6.07, 6.45) is 1.50. The van der Waals surface area contributed by atoms with E-state index in [0.29, 0.717) is 0 Å². The number of nitrogens with zero attached hydrogens (tertiary/aromatic N) is 3. The van der Waals surface area contributed by atoms with E-state index in [1.54, 1.807) is 12.1 Å². The molecule has 0 amide bonds. The summed E-state index contributed by atoms with van der Waals surface area (Å²) >= 11 is 17.7. The monoisotopic (exact) mass is 340 g/mol. The lowest BCUT2D eigenvalue weighted by Gasteiger charge is -2.06. The summed E-state index contributed by atoms with van der Waals surface area (Å²) in [5, 5.41) is 22.0. The van der Waals surface area contributed by atoms with Gasteiger partial charge in [0, 0.05) is 0 Å². The molecule has 0 aliphatic heterocycles. The van der Waals surface area contributed by atoms with Crippen molar-refractivity contribution in [1.29, 1.82) is 5.26 Å². The second-order valence-corrected chi connectivity index (χ2v) is 4.94. The van der Waals surface area contributed by atoms with E-state index in [4.69, 9.17) is 45.2 Å². The summed E-state index contributed by atoms with van der Waals surface area (Å²) in [6, 6.07) is 8.23. The highest BCUT2D eigenvalue weighted by Crippen LogP contribution is 2.34. The normalized spacial score (nSPS) is 10.6. The molecule has 0 saturated carbocycles. The molecule has 106 valence electrons. The smallest absolute Gasteiger partial charge is 0.168 e. The number of pyridine rings is 1. The highest BCUT2D eigenvalue weighted by atomic mass is 35.5. The fourth-order valence-electron chi connectivity index (χ4n) is 1.41. The first-order valence-corrected chi connectivity index (χ1v) is 6.69. The number of hydrogen-bond donors (Lipinski definition) is 2. The van der Waals surface area contributed by atoms with Gasteiger partial charge < -0.3 is 5.11 Å². The van der Waals surface area contributed by atoms with Crippen LogP contribution in [0.1, 0.15) is 11.1 Å². The number of hydrogen-bond acceptors (Lipinski definition) is 5. The molecule has 2 rings (SSSR count). The van der Waals surface area contributed by atoms with Gasteiger partial charge in [-0.25, -0.2) is 4.98 Å². The molecule has 0 saturated heterocycles. The zero-order valence-corrected chi connectivity index (χ0v) is 12.6. The van der Waals surface area contributed by atoms with E-state index in [9.17, 15) is 0 Å². The molecule has 2 N–H and O–H groups in total. The lowest BCUT2D eigenvalue weighted by Crippen LogP contribution is -1.97. The van der Waals surface area contributed by atoms with Gasteiger partial charge in [0.05, 0.1) is 11.2 Å². The third-order valence-corrected chi connectivity index (χ3v) is 3.54. The summed E-state index contributed by atoms with van der Waals surface area (Å²) in [5.41, 5.74) is 3.36. The Kier molecular flexibility index (Phi) is 4.86. The molecule has 0 atom stereocenters. The van der Waals surface area contributed by atoms with Gasteiger partial charge in [0.15, 0.2) is 11.0 Å². The van der Waals surface area contributed by atoms with Gasteiger partial charge in [-0.15, -0.1) is 0 Å². The molecule has 0 bridgehead atoms. The van der Waals surface area contributed by atoms with Crippen LogP contribution >= 0.6 is 34.8 Å². The van der Waals surface area contributed by atoms with Gasteiger partial charge >= 0.3 is 0 Å². The number of phenolic OH excluding ortho intramolecular Hbond substituents is 1. The molecule has 0 aliphatic carbocycles. The Morgan fingerprint density at radius 1 is 1.19 bits per heavy atom. The minimum absolute atomic E-state index is 0.0106. The molecule has 1 aromatic carbocycles.